The summed E-state index contributed by atoms with van der Waals surface area (Å²) in [5.74, 6) is 0.617. The Morgan fingerprint density at radius 1 is 1.38 bits per heavy atom. The molecule has 5 nitrogen and oxygen atoms in total. The van der Waals surface area contributed by atoms with E-state index >= 15 is 0 Å². The molecule has 0 atom stereocenters. The van der Waals surface area contributed by atoms with E-state index in [1.807, 2.05) is 22.9 Å². The molecule has 2 heterocycles. The van der Waals surface area contributed by atoms with E-state index in [2.05, 4.69) is 34.7 Å². The SMILES string of the molecule is CCCc1ccc(NC(=O)c2cn3c(n2)NCCC3)cc1. The summed E-state index contributed by atoms with van der Waals surface area (Å²) in [4.78, 5) is 16.6. The Kier molecular flexibility index (Phi) is 3.90. The Hall–Kier alpha value is -2.30. The standard InChI is InChI=1S/C16H20N4O/c1-2-4-12-5-7-13(8-6-12)18-15(21)14-11-20-10-3-9-17-16(20)19-14/h5-8,11H,2-4,9-10H2,1H3,(H,17,19)(H,18,21). The van der Waals surface area contributed by atoms with Crippen molar-refractivity contribution in [2.75, 3.05) is 17.2 Å². The summed E-state index contributed by atoms with van der Waals surface area (Å²) < 4.78 is 1.99. The third-order valence-electron chi connectivity index (χ3n) is 3.62. The molecule has 21 heavy (non-hydrogen) atoms. The Bertz CT molecular complexity index is 607. The largest absolute Gasteiger partial charge is 0.356 e. The highest BCUT2D eigenvalue weighted by Gasteiger charge is 2.16. The Morgan fingerprint density at radius 2 is 2.19 bits per heavy atom. The predicted octanol–water partition coefficient (Wildman–Crippen LogP) is 2.90. The molecule has 0 fully saturated rings. The molecule has 110 valence electrons. The number of amides is 1. The van der Waals surface area contributed by atoms with Crippen molar-refractivity contribution in [3.63, 3.8) is 0 Å². The van der Waals surface area contributed by atoms with E-state index in [9.17, 15) is 4.79 Å². The molecule has 5 heteroatoms. The normalized spacial score (nSPS) is 13.4. The number of benzene rings is 1. The summed E-state index contributed by atoms with van der Waals surface area (Å²) in [5.41, 5.74) is 2.55. The van der Waals surface area contributed by atoms with Crippen LogP contribution in [0.25, 0.3) is 0 Å². The Morgan fingerprint density at radius 3 is 2.90 bits per heavy atom. The van der Waals surface area contributed by atoms with Gasteiger partial charge in [-0.15, -0.1) is 0 Å². The first-order valence-corrected chi connectivity index (χ1v) is 7.47. The van der Waals surface area contributed by atoms with Crippen molar-refractivity contribution in [1.29, 1.82) is 0 Å². The highest BCUT2D eigenvalue weighted by atomic mass is 16.1. The summed E-state index contributed by atoms with van der Waals surface area (Å²) in [6.07, 6.45) is 5.05. The fourth-order valence-electron chi connectivity index (χ4n) is 2.53. The zero-order valence-corrected chi connectivity index (χ0v) is 12.2. The number of carbonyl (C=O) groups excluding carboxylic acids is 1. The molecule has 1 aromatic heterocycles. The molecule has 2 aromatic rings. The van der Waals surface area contributed by atoms with Crippen molar-refractivity contribution < 1.29 is 4.79 Å². The number of hydrogen-bond donors (Lipinski definition) is 2. The van der Waals surface area contributed by atoms with E-state index < -0.39 is 0 Å². The molecule has 1 aromatic carbocycles. The first-order chi connectivity index (χ1) is 10.3. The molecular formula is C16H20N4O. The van der Waals surface area contributed by atoms with Gasteiger partial charge in [-0.1, -0.05) is 25.5 Å². The van der Waals surface area contributed by atoms with E-state index in [4.69, 9.17) is 0 Å². The van der Waals surface area contributed by atoms with Crippen LogP contribution in [0.1, 0.15) is 35.8 Å². The van der Waals surface area contributed by atoms with Crippen LogP contribution in [0.3, 0.4) is 0 Å². The van der Waals surface area contributed by atoms with Gasteiger partial charge >= 0.3 is 0 Å². The topological polar surface area (TPSA) is 59.0 Å². The first kappa shape index (κ1) is 13.7. The van der Waals surface area contributed by atoms with Crippen molar-refractivity contribution in [2.45, 2.75) is 32.7 Å². The van der Waals surface area contributed by atoms with E-state index in [1.54, 1.807) is 0 Å². The van der Waals surface area contributed by atoms with Crippen LogP contribution in [0.15, 0.2) is 30.5 Å². The maximum atomic E-state index is 12.2. The molecule has 0 saturated heterocycles. The predicted molar refractivity (Wildman–Crippen MR) is 83.7 cm³/mol. The van der Waals surface area contributed by atoms with Gasteiger partial charge in [0.05, 0.1) is 0 Å². The van der Waals surface area contributed by atoms with Gasteiger partial charge in [0, 0.05) is 25.0 Å². The van der Waals surface area contributed by atoms with Crippen molar-refractivity contribution in [2.24, 2.45) is 0 Å². The summed E-state index contributed by atoms with van der Waals surface area (Å²) >= 11 is 0. The van der Waals surface area contributed by atoms with Gasteiger partial charge in [-0.05, 0) is 30.5 Å². The van der Waals surface area contributed by atoms with Gasteiger partial charge in [-0.3, -0.25) is 4.79 Å². The van der Waals surface area contributed by atoms with Gasteiger partial charge in [0.1, 0.15) is 5.69 Å². The van der Waals surface area contributed by atoms with Gasteiger partial charge in [-0.25, -0.2) is 4.98 Å². The van der Waals surface area contributed by atoms with Gasteiger partial charge in [-0.2, -0.15) is 0 Å². The van der Waals surface area contributed by atoms with Crippen molar-refractivity contribution >= 4 is 17.5 Å². The van der Waals surface area contributed by atoms with Crippen molar-refractivity contribution in [3.05, 3.63) is 41.7 Å². The van der Waals surface area contributed by atoms with Gasteiger partial charge in [0.15, 0.2) is 0 Å². The van der Waals surface area contributed by atoms with E-state index in [-0.39, 0.29) is 5.91 Å². The average molecular weight is 284 g/mol. The number of nitrogens with zero attached hydrogens (tertiary/aromatic N) is 2. The van der Waals surface area contributed by atoms with Gasteiger partial charge in [0.25, 0.3) is 5.91 Å². The monoisotopic (exact) mass is 284 g/mol. The number of anilines is 2. The van der Waals surface area contributed by atoms with Gasteiger partial charge < -0.3 is 15.2 Å². The maximum absolute atomic E-state index is 12.2. The Labute approximate surface area is 124 Å². The number of hydrogen-bond acceptors (Lipinski definition) is 3. The van der Waals surface area contributed by atoms with E-state index in [1.165, 1.54) is 5.56 Å². The van der Waals surface area contributed by atoms with Gasteiger partial charge in [0.2, 0.25) is 5.95 Å². The summed E-state index contributed by atoms with van der Waals surface area (Å²) in [7, 11) is 0. The molecule has 1 aliphatic rings. The van der Waals surface area contributed by atoms with Crippen LogP contribution >= 0.6 is 0 Å². The minimum absolute atomic E-state index is 0.165. The lowest BCUT2D eigenvalue weighted by Crippen LogP contribution is -2.16. The zero-order chi connectivity index (χ0) is 14.7. The second-order valence-corrected chi connectivity index (χ2v) is 5.32. The summed E-state index contributed by atoms with van der Waals surface area (Å²) in [6.45, 7) is 3.98. The van der Waals surface area contributed by atoms with Crippen molar-refractivity contribution in [3.8, 4) is 0 Å². The van der Waals surface area contributed by atoms with E-state index in [0.717, 1.165) is 44.0 Å². The van der Waals surface area contributed by atoms with Crippen LogP contribution in [0.4, 0.5) is 11.6 Å². The molecule has 0 bridgehead atoms. The van der Waals surface area contributed by atoms with Crippen LogP contribution in [0, 0.1) is 0 Å². The molecule has 0 radical (unpaired) electrons. The molecule has 3 rings (SSSR count). The van der Waals surface area contributed by atoms with E-state index in [0.29, 0.717) is 5.69 Å². The van der Waals surface area contributed by atoms with Crippen molar-refractivity contribution in [1.82, 2.24) is 9.55 Å². The minimum atomic E-state index is -0.165. The number of carbonyl (C=O) groups is 1. The number of imidazole rings is 1. The number of aromatic nitrogens is 2. The summed E-state index contributed by atoms with van der Waals surface area (Å²) in [5, 5.41) is 6.09. The van der Waals surface area contributed by atoms with Crippen LogP contribution in [0.2, 0.25) is 0 Å². The molecular weight excluding hydrogens is 264 g/mol. The molecule has 1 amide bonds. The number of fused-ring (bicyclic) bond motifs is 1. The minimum Gasteiger partial charge on any atom is -0.356 e. The Balaban J connectivity index is 1.69. The lowest BCUT2D eigenvalue weighted by molar-refractivity contribution is 0.102. The third-order valence-corrected chi connectivity index (χ3v) is 3.62. The third kappa shape index (κ3) is 3.07. The number of nitrogens with one attached hydrogen (secondary N) is 2. The fourth-order valence-corrected chi connectivity index (χ4v) is 2.53. The highest BCUT2D eigenvalue weighted by molar-refractivity contribution is 6.03. The second-order valence-electron chi connectivity index (χ2n) is 5.32. The number of rotatable bonds is 4. The average Bonchev–Trinajstić information content (AvgIpc) is 2.94. The lowest BCUT2D eigenvalue weighted by atomic mass is 10.1. The van der Waals surface area contributed by atoms with Crippen LogP contribution < -0.4 is 10.6 Å². The van der Waals surface area contributed by atoms with Crippen LogP contribution in [-0.2, 0) is 13.0 Å². The molecule has 0 saturated carbocycles. The smallest absolute Gasteiger partial charge is 0.275 e. The second kappa shape index (κ2) is 5.99. The quantitative estimate of drug-likeness (QED) is 0.907. The highest BCUT2D eigenvalue weighted by Crippen LogP contribution is 2.16. The molecule has 0 unspecified atom stereocenters. The summed E-state index contributed by atoms with van der Waals surface area (Å²) in [6, 6.07) is 7.99. The zero-order valence-electron chi connectivity index (χ0n) is 12.2. The van der Waals surface area contributed by atoms with Crippen LogP contribution in [-0.4, -0.2) is 22.0 Å². The lowest BCUT2D eigenvalue weighted by Gasteiger charge is -2.14. The maximum Gasteiger partial charge on any atom is 0.275 e. The molecule has 1 aliphatic heterocycles. The molecule has 0 spiro atoms. The first-order valence-electron chi connectivity index (χ1n) is 7.47. The fraction of sp³-hybridized carbons (Fsp3) is 0.375. The molecule has 0 aliphatic carbocycles. The number of aryl methyl sites for hydroxylation is 2. The molecule has 2 N–H and O–H groups in total. The van der Waals surface area contributed by atoms with Crippen LogP contribution in [0.5, 0.6) is 0 Å².